The Bertz CT molecular complexity index is 867. The first-order valence-corrected chi connectivity index (χ1v) is 6.55. The number of pyridine rings is 1. The lowest BCUT2D eigenvalue weighted by atomic mass is 10.1. The van der Waals surface area contributed by atoms with Crippen LogP contribution in [0.25, 0.3) is 16.5 Å². The van der Waals surface area contributed by atoms with Crippen LogP contribution in [0.1, 0.15) is 17.1 Å². The molecule has 3 rings (SSSR count). The van der Waals surface area contributed by atoms with Crippen LogP contribution in [-0.4, -0.2) is 19.7 Å². The number of nitro benzene ring substituents is 1. The molecule has 2 heterocycles. The summed E-state index contributed by atoms with van der Waals surface area (Å²) in [4.78, 5) is 15.0. The van der Waals surface area contributed by atoms with E-state index in [1.54, 1.807) is 16.9 Å². The summed E-state index contributed by atoms with van der Waals surface area (Å²) in [5.74, 6) is 0. The van der Waals surface area contributed by atoms with Crippen molar-refractivity contribution in [1.82, 2.24) is 14.8 Å². The van der Waals surface area contributed by atoms with Crippen molar-refractivity contribution in [3.05, 3.63) is 57.7 Å². The molecule has 0 aliphatic carbocycles. The zero-order valence-electron chi connectivity index (χ0n) is 12.0. The lowest BCUT2D eigenvalue weighted by Crippen LogP contribution is -2.02. The van der Waals surface area contributed by atoms with Crippen LogP contribution in [0.5, 0.6) is 0 Å². The quantitative estimate of drug-likeness (QED) is 0.534. The van der Waals surface area contributed by atoms with Crippen molar-refractivity contribution in [2.24, 2.45) is 0 Å². The Kier molecular flexibility index (Phi) is 2.94. The molecule has 6 nitrogen and oxygen atoms in total. The van der Waals surface area contributed by atoms with E-state index in [1.807, 2.05) is 32.9 Å². The Hall–Kier alpha value is -2.76. The van der Waals surface area contributed by atoms with Gasteiger partial charge in [-0.3, -0.25) is 15.1 Å². The largest absolute Gasteiger partial charge is 0.278 e. The van der Waals surface area contributed by atoms with Crippen LogP contribution in [0.3, 0.4) is 0 Å². The van der Waals surface area contributed by atoms with E-state index in [9.17, 15) is 10.1 Å². The Balaban J connectivity index is 2.39. The average molecular weight is 282 g/mol. The molecule has 106 valence electrons. The van der Waals surface area contributed by atoms with E-state index in [1.165, 1.54) is 6.07 Å². The number of hydrogen-bond acceptors (Lipinski definition) is 4. The van der Waals surface area contributed by atoms with E-state index in [-0.39, 0.29) is 10.6 Å². The van der Waals surface area contributed by atoms with Crippen molar-refractivity contribution in [2.45, 2.75) is 20.8 Å². The van der Waals surface area contributed by atoms with Gasteiger partial charge in [0, 0.05) is 29.0 Å². The van der Waals surface area contributed by atoms with Crippen molar-refractivity contribution in [1.29, 1.82) is 0 Å². The Labute approximate surface area is 121 Å². The predicted molar refractivity (Wildman–Crippen MR) is 79.7 cm³/mol. The number of nitrogens with zero attached hydrogens (tertiary/aromatic N) is 4. The molecule has 0 spiro atoms. The molecule has 3 aromatic rings. The minimum Gasteiger partial charge on any atom is -0.261 e. The van der Waals surface area contributed by atoms with E-state index in [0.717, 1.165) is 28.2 Å². The monoisotopic (exact) mass is 282 g/mol. The molecule has 0 aliphatic heterocycles. The standard InChI is InChI=1S/C15H14N4O2/c1-9-7-12-13(8-16-9)15(19(20)21)5-4-14(12)18-11(3)6-10(2)17-18/h4-8H,1-3H3. The van der Waals surface area contributed by atoms with Gasteiger partial charge in [0.05, 0.1) is 21.7 Å². The second kappa shape index (κ2) is 4.66. The average Bonchev–Trinajstić information content (AvgIpc) is 2.75. The summed E-state index contributed by atoms with van der Waals surface area (Å²) in [6, 6.07) is 7.07. The van der Waals surface area contributed by atoms with Gasteiger partial charge in [-0.1, -0.05) is 0 Å². The first-order valence-electron chi connectivity index (χ1n) is 6.55. The van der Waals surface area contributed by atoms with Gasteiger partial charge in [0.15, 0.2) is 0 Å². The van der Waals surface area contributed by atoms with Crippen LogP contribution in [0.15, 0.2) is 30.5 Å². The minimum absolute atomic E-state index is 0.0581. The molecular formula is C15H14N4O2. The molecule has 2 aromatic heterocycles. The van der Waals surface area contributed by atoms with Crippen molar-refractivity contribution >= 4 is 16.5 Å². The second-order valence-corrected chi connectivity index (χ2v) is 5.07. The minimum atomic E-state index is -0.385. The molecule has 0 N–H and O–H groups in total. The number of non-ortho nitro benzene ring substituents is 1. The molecule has 0 aliphatic rings. The van der Waals surface area contributed by atoms with Crippen LogP contribution in [-0.2, 0) is 0 Å². The van der Waals surface area contributed by atoms with E-state index >= 15 is 0 Å². The zero-order chi connectivity index (χ0) is 15.1. The molecule has 1 aromatic carbocycles. The molecule has 0 amide bonds. The van der Waals surface area contributed by atoms with Crippen LogP contribution in [0, 0.1) is 30.9 Å². The summed E-state index contributed by atoms with van der Waals surface area (Å²) >= 11 is 0. The maximum absolute atomic E-state index is 11.2. The van der Waals surface area contributed by atoms with E-state index in [0.29, 0.717) is 5.39 Å². The maximum atomic E-state index is 11.2. The SMILES string of the molecule is Cc1cc2c(-n3nc(C)cc3C)ccc([N+](=O)[O-])c2cn1. The highest BCUT2D eigenvalue weighted by atomic mass is 16.6. The van der Waals surface area contributed by atoms with Gasteiger partial charge in [0.2, 0.25) is 0 Å². The lowest BCUT2D eigenvalue weighted by molar-refractivity contribution is -0.383. The summed E-state index contributed by atoms with van der Waals surface area (Å²) in [5, 5.41) is 16.9. The van der Waals surface area contributed by atoms with Gasteiger partial charge in [0.1, 0.15) is 0 Å². The summed E-state index contributed by atoms with van der Waals surface area (Å²) in [5.41, 5.74) is 3.59. The molecule has 0 bridgehead atoms. The van der Waals surface area contributed by atoms with Gasteiger partial charge in [0.25, 0.3) is 5.69 Å². The fraction of sp³-hybridized carbons (Fsp3) is 0.200. The summed E-state index contributed by atoms with van der Waals surface area (Å²) < 4.78 is 1.81. The summed E-state index contributed by atoms with van der Waals surface area (Å²) in [7, 11) is 0. The van der Waals surface area contributed by atoms with Crippen LogP contribution in [0.4, 0.5) is 5.69 Å². The van der Waals surface area contributed by atoms with Crippen molar-refractivity contribution in [3.63, 3.8) is 0 Å². The summed E-state index contributed by atoms with van der Waals surface area (Å²) in [6.45, 7) is 5.74. The molecule has 0 saturated heterocycles. The fourth-order valence-corrected chi connectivity index (χ4v) is 2.53. The highest BCUT2D eigenvalue weighted by molar-refractivity contribution is 5.96. The number of benzene rings is 1. The third kappa shape index (κ3) is 2.14. The normalized spacial score (nSPS) is 11.0. The lowest BCUT2D eigenvalue weighted by Gasteiger charge is -2.09. The molecule has 0 fully saturated rings. The fourth-order valence-electron chi connectivity index (χ4n) is 2.53. The maximum Gasteiger partial charge on any atom is 0.278 e. The van der Waals surface area contributed by atoms with Crippen molar-refractivity contribution in [2.75, 3.05) is 0 Å². The van der Waals surface area contributed by atoms with Crippen molar-refractivity contribution in [3.8, 4) is 5.69 Å². The Morgan fingerprint density at radius 1 is 1.10 bits per heavy atom. The van der Waals surface area contributed by atoms with Crippen LogP contribution >= 0.6 is 0 Å². The highest BCUT2D eigenvalue weighted by Gasteiger charge is 2.17. The topological polar surface area (TPSA) is 73.8 Å². The van der Waals surface area contributed by atoms with Gasteiger partial charge in [-0.15, -0.1) is 0 Å². The number of nitro groups is 1. The number of fused-ring (bicyclic) bond motifs is 1. The zero-order valence-corrected chi connectivity index (χ0v) is 12.0. The number of rotatable bonds is 2. The van der Waals surface area contributed by atoms with Gasteiger partial charge in [-0.25, -0.2) is 4.68 Å². The van der Waals surface area contributed by atoms with Crippen LogP contribution in [0.2, 0.25) is 0 Å². The van der Waals surface area contributed by atoms with E-state index in [2.05, 4.69) is 10.1 Å². The molecule has 0 unspecified atom stereocenters. The van der Waals surface area contributed by atoms with E-state index < -0.39 is 0 Å². The Morgan fingerprint density at radius 2 is 1.86 bits per heavy atom. The molecule has 6 heteroatoms. The molecule has 0 radical (unpaired) electrons. The number of aryl methyl sites for hydroxylation is 3. The number of aromatic nitrogens is 3. The van der Waals surface area contributed by atoms with Gasteiger partial charge in [-0.05, 0) is 39.0 Å². The van der Waals surface area contributed by atoms with Gasteiger partial charge >= 0.3 is 0 Å². The third-order valence-electron chi connectivity index (χ3n) is 3.43. The van der Waals surface area contributed by atoms with E-state index in [4.69, 9.17) is 0 Å². The van der Waals surface area contributed by atoms with Crippen LogP contribution < -0.4 is 0 Å². The first kappa shape index (κ1) is 13.2. The summed E-state index contributed by atoms with van der Waals surface area (Å²) in [6.07, 6.45) is 1.55. The highest BCUT2D eigenvalue weighted by Crippen LogP contribution is 2.30. The smallest absolute Gasteiger partial charge is 0.261 e. The molecule has 0 saturated carbocycles. The van der Waals surface area contributed by atoms with Gasteiger partial charge < -0.3 is 0 Å². The number of hydrogen-bond donors (Lipinski definition) is 0. The van der Waals surface area contributed by atoms with Crippen molar-refractivity contribution < 1.29 is 4.92 Å². The molecular weight excluding hydrogens is 268 g/mol. The molecule has 21 heavy (non-hydrogen) atoms. The Morgan fingerprint density at radius 3 is 2.48 bits per heavy atom. The third-order valence-corrected chi connectivity index (χ3v) is 3.43. The van der Waals surface area contributed by atoms with Gasteiger partial charge in [-0.2, -0.15) is 5.10 Å². The predicted octanol–water partition coefficient (Wildman–Crippen LogP) is 3.25. The first-order chi connectivity index (χ1) is 9.97. The second-order valence-electron chi connectivity index (χ2n) is 5.07. The molecule has 0 atom stereocenters.